The Morgan fingerprint density at radius 1 is 1.21 bits per heavy atom. The van der Waals surface area contributed by atoms with Gasteiger partial charge >= 0.3 is 0 Å². The molecule has 1 atom stereocenters. The Bertz CT molecular complexity index is 970. The lowest BCUT2D eigenvalue weighted by Crippen LogP contribution is -2.44. The zero-order chi connectivity index (χ0) is 20.5. The van der Waals surface area contributed by atoms with Crippen LogP contribution < -0.4 is 0 Å². The third kappa shape index (κ3) is 3.81. The lowest BCUT2D eigenvalue weighted by atomic mass is 9.84. The molecule has 1 fully saturated rings. The van der Waals surface area contributed by atoms with E-state index in [-0.39, 0.29) is 0 Å². The summed E-state index contributed by atoms with van der Waals surface area (Å²) in [5.74, 6) is 0.431. The van der Waals surface area contributed by atoms with Crippen molar-refractivity contribution in [3.05, 3.63) is 71.6 Å². The smallest absolute Gasteiger partial charge is 0.0727 e. The number of hydrogen-bond donors (Lipinski definition) is 0. The maximum atomic E-state index is 6.84. The maximum Gasteiger partial charge on any atom is 0.0727 e. The lowest BCUT2D eigenvalue weighted by Gasteiger charge is -2.38. The number of rotatable bonds is 5. The molecule has 152 valence electrons. The van der Waals surface area contributed by atoms with Crippen LogP contribution in [0.1, 0.15) is 48.9 Å². The Hall–Kier alpha value is -2.26. The Kier molecular flexibility index (Phi) is 5.69. The molecule has 1 aliphatic heterocycles. The second-order valence-electron chi connectivity index (χ2n) is 8.29. The molecule has 0 N–H and O–H groups in total. The van der Waals surface area contributed by atoms with Crippen LogP contribution in [0, 0.1) is 0 Å². The predicted molar refractivity (Wildman–Crippen MR) is 124 cm³/mol. The molecule has 0 radical (unpaired) electrons. The van der Waals surface area contributed by atoms with Gasteiger partial charge in [0.05, 0.1) is 10.5 Å². The van der Waals surface area contributed by atoms with Crippen LogP contribution >= 0.6 is 11.6 Å². The van der Waals surface area contributed by atoms with E-state index in [2.05, 4.69) is 54.7 Å². The van der Waals surface area contributed by atoms with E-state index in [1.807, 2.05) is 6.08 Å². The number of benzene rings is 1. The first-order valence-electron chi connectivity index (χ1n) is 10.6. The molecule has 0 bridgehead atoms. The second-order valence-corrected chi connectivity index (χ2v) is 8.67. The summed E-state index contributed by atoms with van der Waals surface area (Å²) in [6.07, 6.45) is 6.31. The van der Waals surface area contributed by atoms with Gasteiger partial charge < -0.3 is 9.80 Å². The Morgan fingerprint density at radius 2 is 1.93 bits per heavy atom. The van der Waals surface area contributed by atoms with Crippen molar-refractivity contribution in [3.8, 4) is 0 Å². The zero-order valence-electron chi connectivity index (χ0n) is 17.4. The van der Waals surface area contributed by atoms with Crippen molar-refractivity contribution >= 4 is 28.2 Å². The first-order valence-corrected chi connectivity index (χ1v) is 10.9. The first-order chi connectivity index (χ1) is 14.0. The van der Waals surface area contributed by atoms with Crippen LogP contribution in [0.15, 0.2) is 49.7 Å². The van der Waals surface area contributed by atoms with Crippen molar-refractivity contribution in [1.29, 1.82) is 0 Å². The number of aromatic nitrogens is 1. The Labute approximate surface area is 179 Å². The van der Waals surface area contributed by atoms with E-state index in [9.17, 15) is 0 Å². The average Bonchev–Trinajstić information content (AvgIpc) is 2.74. The maximum absolute atomic E-state index is 6.84. The van der Waals surface area contributed by atoms with Crippen molar-refractivity contribution in [2.75, 3.05) is 26.2 Å². The van der Waals surface area contributed by atoms with Gasteiger partial charge in [-0.3, -0.25) is 4.98 Å². The molecule has 29 heavy (non-hydrogen) atoms. The van der Waals surface area contributed by atoms with Crippen LogP contribution in [-0.4, -0.2) is 41.0 Å². The van der Waals surface area contributed by atoms with E-state index in [0.29, 0.717) is 5.92 Å². The minimum atomic E-state index is 0.431. The molecule has 1 aromatic carbocycles. The van der Waals surface area contributed by atoms with Crippen molar-refractivity contribution in [2.24, 2.45) is 0 Å². The van der Waals surface area contributed by atoms with Crippen LogP contribution in [0.5, 0.6) is 0 Å². The van der Waals surface area contributed by atoms with E-state index in [4.69, 9.17) is 16.6 Å². The molecule has 4 heteroatoms. The van der Waals surface area contributed by atoms with Gasteiger partial charge in [0.2, 0.25) is 0 Å². The molecular weight excluding hydrogens is 378 g/mol. The van der Waals surface area contributed by atoms with Crippen LogP contribution in [0.2, 0.25) is 5.02 Å². The summed E-state index contributed by atoms with van der Waals surface area (Å²) in [5.41, 5.74) is 6.71. The number of allylic oxidation sites excluding steroid dienone is 2. The lowest BCUT2D eigenvalue weighted by molar-refractivity contribution is 0.215. The van der Waals surface area contributed by atoms with Crippen molar-refractivity contribution in [3.63, 3.8) is 0 Å². The highest BCUT2D eigenvalue weighted by molar-refractivity contribution is 6.36. The molecule has 1 aliphatic carbocycles. The summed E-state index contributed by atoms with van der Waals surface area (Å²) in [6, 6.07) is 6.42. The van der Waals surface area contributed by atoms with Crippen LogP contribution in [-0.2, 0) is 6.42 Å². The van der Waals surface area contributed by atoms with Gasteiger partial charge in [0, 0.05) is 54.6 Å². The van der Waals surface area contributed by atoms with Crippen molar-refractivity contribution < 1.29 is 0 Å². The van der Waals surface area contributed by atoms with Gasteiger partial charge in [0.15, 0.2) is 0 Å². The van der Waals surface area contributed by atoms with Gasteiger partial charge in [0.25, 0.3) is 0 Å². The molecule has 1 unspecified atom stereocenters. The Balaban J connectivity index is 1.65. The van der Waals surface area contributed by atoms with E-state index in [1.165, 1.54) is 17.7 Å². The minimum Gasteiger partial charge on any atom is -0.372 e. The van der Waals surface area contributed by atoms with Crippen molar-refractivity contribution in [2.45, 2.75) is 38.5 Å². The highest BCUT2D eigenvalue weighted by Crippen LogP contribution is 2.40. The number of pyridine rings is 1. The summed E-state index contributed by atoms with van der Waals surface area (Å²) in [4.78, 5) is 9.78. The molecule has 0 spiro atoms. The fourth-order valence-corrected chi connectivity index (χ4v) is 5.02. The van der Waals surface area contributed by atoms with Gasteiger partial charge in [-0.15, -0.1) is 6.58 Å². The number of hydrogen-bond acceptors (Lipinski definition) is 3. The summed E-state index contributed by atoms with van der Waals surface area (Å²) >= 11 is 6.84. The topological polar surface area (TPSA) is 19.4 Å². The van der Waals surface area contributed by atoms with E-state index in [1.54, 1.807) is 0 Å². The number of nitrogens with zero attached hydrogens (tertiary/aromatic N) is 3. The summed E-state index contributed by atoms with van der Waals surface area (Å²) in [7, 11) is 0. The second kappa shape index (κ2) is 8.23. The molecule has 0 saturated carbocycles. The molecule has 2 aromatic rings. The third-order valence-electron chi connectivity index (χ3n) is 6.40. The largest absolute Gasteiger partial charge is 0.372 e. The molecule has 2 heterocycles. The highest BCUT2D eigenvalue weighted by Gasteiger charge is 2.25. The standard InChI is InChI=1S/C25H30ClN3/c1-5-7-19-8-6-9-22-24(26)21-11-10-20(16-23(21)27-25(19)22)18(4)29-14-12-28(13-15-29)17(2)3/h5,10-11,16,19H,1-2,4,6-9,12-15H2,3H3. The summed E-state index contributed by atoms with van der Waals surface area (Å²) in [5, 5.41) is 1.93. The monoisotopic (exact) mass is 407 g/mol. The van der Waals surface area contributed by atoms with Crippen molar-refractivity contribution in [1.82, 2.24) is 14.8 Å². The molecular formula is C25H30ClN3. The van der Waals surface area contributed by atoms with Gasteiger partial charge in [-0.25, -0.2) is 0 Å². The fourth-order valence-electron chi connectivity index (χ4n) is 4.67. The summed E-state index contributed by atoms with van der Waals surface area (Å²) < 4.78 is 0. The van der Waals surface area contributed by atoms with Gasteiger partial charge in [-0.05, 0) is 49.8 Å². The fraction of sp³-hybridized carbons (Fsp3) is 0.400. The van der Waals surface area contributed by atoms with Crippen LogP contribution in [0.4, 0.5) is 0 Å². The predicted octanol–water partition coefficient (Wildman–Crippen LogP) is 6.01. The zero-order valence-corrected chi connectivity index (χ0v) is 18.1. The molecule has 4 rings (SSSR count). The quantitative estimate of drug-likeness (QED) is 0.566. The van der Waals surface area contributed by atoms with Gasteiger partial charge in [0.1, 0.15) is 0 Å². The van der Waals surface area contributed by atoms with E-state index in [0.717, 1.165) is 78.3 Å². The molecule has 0 amide bonds. The number of piperazine rings is 1. The normalized spacial score (nSPS) is 19.2. The molecule has 1 aromatic heterocycles. The van der Waals surface area contributed by atoms with Crippen LogP contribution in [0.3, 0.4) is 0 Å². The number of halogens is 1. The van der Waals surface area contributed by atoms with Gasteiger partial charge in [-0.1, -0.05) is 43.0 Å². The average molecular weight is 408 g/mol. The molecule has 3 nitrogen and oxygen atoms in total. The molecule has 1 saturated heterocycles. The summed E-state index contributed by atoms with van der Waals surface area (Å²) in [6.45, 7) is 18.4. The third-order valence-corrected chi connectivity index (χ3v) is 6.83. The first kappa shape index (κ1) is 20.0. The van der Waals surface area contributed by atoms with Crippen LogP contribution in [0.25, 0.3) is 16.6 Å². The van der Waals surface area contributed by atoms with Gasteiger partial charge in [-0.2, -0.15) is 0 Å². The number of fused-ring (bicyclic) bond motifs is 2. The van der Waals surface area contributed by atoms with E-state index >= 15 is 0 Å². The minimum absolute atomic E-state index is 0.431. The van der Waals surface area contributed by atoms with E-state index < -0.39 is 0 Å². The SMILES string of the molecule is C=CCC1CCCc2c1nc1cc(C(=C)N3CCN(C(=C)C)CC3)ccc1c2Cl. The highest BCUT2D eigenvalue weighted by atomic mass is 35.5. The molecule has 2 aliphatic rings. The Morgan fingerprint density at radius 3 is 2.62 bits per heavy atom.